The van der Waals surface area contributed by atoms with Gasteiger partial charge in [-0.15, -0.1) is 10.2 Å². The second kappa shape index (κ2) is 9.70. The summed E-state index contributed by atoms with van der Waals surface area (Å²) in [4.78, 5) is 14.7. The molecule has 0 spiro atoms. The molecule has 168 valence electrons. The number of likely N-dealkylation sites (tertiary alicyclic amines) is 1. The van der Waals surface area contributed by atoms with Crippen molar-refractivity contribution in [1.29, 1.82) is 0 Å². The first-order chi connectivity index (χ1) is 16.2. The summed E-state index contributed by atoms with van der Waals surface area (Å²) >= 11 is 1.41. The van der Waals surface area contributed by atoms with E-state index in [0.29, 0.717) is 23.1 Å². The van der Waals surface area contributed by atoms with Crippen LogP contribution in [0.3, 0.4) is 0 Å². The Kier molecular flexibility index (Phi) is 6.35. The van der Waals surface area contributed by atoms with E-state index in [1.54, 1.807) is 16.6 Å². The number of thioether (sulfide) groups is 1. The maximum atomic E-state index is 13.3. The molecule has 1 fully saturated rings. The van der Waals surface area contributed by atoms with Crippen LogP contribution in [0.25, 0.3) is 17.0 Å². The van der Waals surface area contributed by atoms with Crippen molar-refractivity contribution in [2.75, 3.05) is 18.8 Å². The van der Waals surface area contributed by atoms with Crippen LogP contribution in [-0.2, 0) is 11.2 Å². The maximum Gasteiger partial charge on any atom is 0.232 e. The van der Waals surface area contributed by atoms with Gasteiger partial charge in [0.25, 0.3) is 0 Å². The van der Waals surface area contributed by atoms with Crippen molar-refractivity contribution in [3.05, 3.63) is 78.1 Å². The van der Waals surface area contributed by atoms with Gasteiger partial charge in [-0.2, -0.15) is 9.61 Å². The van der Waals surface area contributed by atoms with Gasteiger partial charge in [0.2, 0.25) is 5.91 Å². The number of amides is 1. The van der Waals surface area contributed by atoms with Gasteiger partial charge in [-0.25, -0.2) is 4.39 Å². The zero-order valence-electron chi connectivity index (χ0n) is 18.1. The van der Waals surface area contributed by atoms with E-state index in [1.807, 2.05) is 23.1 Å². The Hall–Kier alpha value is -3.26. The second-order valence-electron chi connectivity index (χ2n) is 8.27. The van der Waals surface area contributed by atoms with Gasteiger partial charge in [0, 0.05) is 18.7 Å². The SMILES string of the molecule is O=C(CSc1ccc2nnc(-c3ccc(F)cc3)n2n1)N1CCC(Cc2ccccc2)CC1. The molecule has 8 heteroatoms. The van der Waals surface area contributed by atoms with Gasteiger partial charge in [0.05, 0.1) is 5.75 Å². The summed E-state index contributed by atoms with van der Waals surface area (Å²) < 4.78 is 14.9. The monoisotopic (exact) mass is 461 g/mol. The molecule has 5 rings (SSSR count). The summed E-state index contributed by atoms with van der Waals surface area (Å²) in [6, 6.07) is 20.3. The van der Waals surface area contributed by atoms with Crippen LogP contribution in [0.1, 0.15) is 18.4 Å². The van der Waals surface area contributed by atoms with Crippen molar-refractivity contribution in [3.63, 3.8) is 0 Å². The average Bonchev–Trinajstić information content (AvgIpc) is 3.27. The van der Waals surface area contributed by atoms with Crippen molar-refractivity contribution in [3.8, 4) is 11.4 Å². The van der Waals surface area contributed by atoms with E-state index >= 15 is 0 Å². The molecule has 2 aromatic carbocycles. The molecule has 0 radical (unpaired) electrons. The van der Waals surface area contributed by atoms with E-state index in [1.165, 1.54) is 29.5 Å². The van der Waals surface area contributed by atoms with E-state index in [-0.39, 0.29) is 11.7 Å². The molecule has 0 bridgehead atoms. The minimum atomic E-state index is -0.306. The molecule has 1 amide bonds. The predicted molar refractivity (Wildman–Crippen MR) is 126 cm³/mol. The zero-order valence-corrected chi connectivity index (χ0v) is 18.9. The van der Waals surface area contributed by atoms with Crippen LogP contribution < -0.4 is 0 Å². The molecular weight excluding hydrogens is 437 g/mol. The lowest BCUT2D eigenvalue weighted by Crippen LogP contribution is -2.39. The number of piperidine rings is 1. The van der Waals surface area contributed by atoms with Gasteiger partial charge in [-0.3, -0.25) is 4.79 Å². The van der Waals surface area contributed by atoms with Gasteiger partial charge in [-0.05, 0) is 67.1 Å². The number of rotatable bonds is 6. The number of carbonyl (C=O) groups is 1. The number of fused-ring (bicyclic) bond motifs is 1. The van der Waals surface area contributed by atoms with Gasteiger partial charge in [0.15, 0.2) is 11.5 Å². The normalized spacial score (nSPS) is 14.6. The highest BCUT2D eigenvalue weighted by atomic mass is 32.2. The lowest BCUT2D eigenvalue weighted by Gasteiger charge is -2.32. The molecule has 0 atom stereocenters. The molecule has 4 aromatic rings. The van der Waals surface area contributed by atoms with Crippen LogP contribution in [0.15, 0.2) is 71.8 Å². The molecule has 2 aromatic heterocycles. The first kappa shape index (κ1) is 21.6. The number of aromatic nitrogens is 4. The highest BCUT2D eigenvalue weighted by molar-refractivity contribution is 7.99. The molecule has 0 N–H and O–H groups in total. The molecule has 3 heterocycles. The van der Waals surface area contributed by atoms with E-state index in [4.69, 9.17) is 0 Å². The van der Waals surface area contributed by atoms with Crippen molar-refractivity contribution in [1.82, 2.24) is 24.7 Å². The molecule has 6 nitrogen and oxygen atoms in total. The maximum absolute atomic E-state index is 13.3. The van der Waals surface area contributed by atoms with E-state index in [9.17, 15) is 9.18 Å². The van der Waals surface area contributed by atoms with E-state index in [2.05, 4.69) is 39.6 Å². The fourth-order valence-corrected chi connectivity index (χ4v) is 4.95. The van der Waals surface area contributed by atoms with Gasteiger partial charge in [0.1, 0.15) is 10.8 Å². The van der Waals surface area contributed by atoms with E-state index < -0.39 is 0 Å². The molecule has 1 saturated heterocycles. The van der Waals surface area contributed by atoms with Gasteiger partial charge < -0.3 is 4.90 Å². The Morgan fingerprint density at radius 3 is 2.48 bits per heavy atom. The summed E-state index contributed by atoms with van der Waals surface area (Å²) in [7, 11) is 0. The number of benzene rings is 2. The third-order valence-electron chi connectivity index (χ3n) is 6.02. The molecular formula is C25H24FN5OS. The Bertz CT molecular complexity index is 1240. The summed E-state index contributed by atoms with van der Waals surface area (Å²) in [6.45, 7) is 1.62. The number of hydrogen-bond acceptors (Lipinski definition) is 5. The second-order valence-corrected chi connectivity index (χ2v) is 9.27. The van der Waals surface area contributed by atoms with Crippen molar-refractivity contribution in [2.45, 2.75) is 24.3 Å². The zero-order chi connectivity index (χ0) is 22.6. The predicted octanol–water partition coefficient (Wildman–Crippen LogP) is 4.50. The molecule has 0 saturated carbocycles. The average molecular weight is 462 g/mol. The molecule has 1 aliphatic heterocycles. The van der Waals surface area contributed by atoms with Crippen LogP contribution in [0.4, 0.5) is 4.39 Å². The smallest absolute Gasteiger partial charge is 0.232 e. The quantitative estimate of drug-likeness (QED) is 0.396. The number of carbonyl (C=O) groups excluding carboxylic acids is 1. The number of hydrogen-bond donors (Lipinski definition) is 0. The van der Waals surface area contributed by atoms with Crippen LogP contribution >= 0.6 is 11.8 Å². The lowest BCUT2D eigenvalue weighted by molar-refractivity contribution is -0.129. The summed E-state index contributed by atoms with van der Waals surface area (Å²) in [5, 5.41) is 13.6. The highest BCUT2D eigenvalue weighted by Crippen LogP contribution is 2.24. The molecule has 0 unspecified atom stereocenters. The van der Waals surface area contributed by atoms with Crippen LogP contribution in [-0.4, -0.2) is 49.5 Å². The van der Waals surface area contributed by atoms with Gasteiger partial charge >= 0.3 is 0 Å². The van der Waals surface area contributed by atoms with Crippen molar-refractivity contribution in [2.24, 2.45) is 5.92 Å². The summed E-state index contributed by atoms with van der Waals surface area (Å²) in [6.07, 6.45) is 3.16. The molecule has 1 aliphatic rings. The first-order valence-corrected chi connectivity index (χ1v) is 12.1. The third-order valence-corrected chi connectivity index (χ3v) is 6.92. The third kappa shape index (κ3) is 5.06. The Balaban J connectivity index is 1.18. The number of nitrogens with zero attached hydrogens (tertiary/aromatic N) is 5. The topological polar surface area (TPSA) is 63.4 Å². The molecule has 0 aliphatic carbocycles. The Labute approximate surface area is 195 Å². The van der Waals surface area contributed by atoms with Crippen molar-refractivity contribution >= 4 is 23.3 Å². The largest absolute Gasteiger partial charge is 0.342 e. The standard InChI is InChI=1S/C25H24FN5OS/c26-21-8-6-20(7-9-21)25-28-27-22-10-11-23(29-31(22)25)33-17-24(32)30-14-12-19(13-15-30)16-18-4-2-1-3-5-18/h1-11,19H,12-17H2. The minimum absolute atomic E-state index is 0.141. The van der Waals surface area contributed by atoms with Crippen LogP contribution in [0.2, 0.25) is 0 Å². The number of halogens is 1. The van der Waals surface area contributed by atoms with E-state index in [0.717, 1.165) is 42.9 Å². The fourth-order valence-electron chi connectivity index (χ4n) is 4.19. The lowest BCUT2D eigenvalue weighted by atomic mass is 9.90. The minimum Gasteiger partial charge on any atom is -0.342 e. The highest BCUT2D eigenvalue weighted by Gasteiger charge is 2.23. The van der Waals surface area contributed by atoms with Crippen LogP contribution in [0.5, 0.6) is 0 Å². The molecule has 33 heavy (non-hydrogen) atoms. The summed E-state index contributed by atoms with van der Waals surface area (Å²) in [5.41, 5.74) is 2.70. The Morgan fingerprint density at radius 1 is 0.970 bits per heavy atom. The van der Waals surface area contributed by atoms with Crippen LogP contribution in [0, 0.1) is 11.7 Å². The van der Waals surface area contributed by atoms with Crippen molar-refractivity contribution < 1.29 is 9.18 Å². The Morgan fingerprint density at radius 2 is 1.73 bits per heavy atom. The summed E-state index contributed by atoms with van der Waals surface area (Å²) in [5.74, 6) is 1.35. The van der Waals surface area contributed by atoms with Gasteiger partial charge in [-0.1, -0.05) is 42.1 Å². The fraction of sp³-hybridized carbons (Fsp3) is 0.280. The first-order valence-electron chi connectivity index (χ1n) is 11.1.